The van der Waals surface area contributed by atoms with Gasteiger partial charge < -0.3 is 9.84 Å². The summed E-state index contributed by atoms with van der Waals surface area (Å²) in [5.41, 5.74) is -0.279. The van der Waals surface area contributed by atoms with Gasteiger partial charge in [-0.15, -0.1) is 0 Å². The quantitative estimate of drug-likeness (QED) is 0.650. The monoisotopic (exact) mass is 294 g/mol. The van der Waals surface area contributed by atoms with E-state index in [1.165, 1.54) is 12.1 Å². The Morgan fingerprint density at radius 1 is 1.38 bits per heavy atom. The summed E-state index contributed by atoms with van der Waals surface area (Å²) in [6.45, 7) is 3.85. The maximum atomic E-state index is 11.7. The Balaban J connectivity index is 2.18. The number of carboxylic acid groups (broad SMARTS) is 1. The second-order valence-electron chi connectivity index (χ2n) is 5.28. The lowest BCUT2D eigenvalue weighted by Crippen LogP contribution is -2.57. The lowest BCUT2D eigenvalue weighted by atomic mass is 9.90. The summed E-state index contributed by atoms with van der Waals surface area (Å²) in [5, 5.41) is 20.2. The number of hydrogen-bond acceptors (Lipinski definition) is 5. The largest absolute Gasteiger partial charge is 0.480 e. The zero-order valence-electron chi connectivity index (χ0n) is 11.8. The van der Waals surface area contributed by atoms with Crippen molar-refractivity contribution in [3.05, 3.63) is 39.9 Å². The Morgan fingerprint density at radius 2 is 1.95 bits per heavy atom. The summed E-state index contributed by atoms with van der Waals surface area (Å²) in [6, 6.07) is 6.02. The van der Waals surface area contributed by atoms with Crippen LogP contribution >= 0.6 is 0 Å². The van der Waals surface area contributed by atoms with Crippen molar-refractivity contribution < 1.29 is 19.6 Å². The molecule has 0 radical (unpaired) electrons. The van der Waals surface area contributed by atoms with Gasteiger partial charge >= 0.3 is 5.97 Å². The molecule has 0 bridgehead atoms. The van der Waals surface area contributed by atoms with Crippen LogP contribution in [-0.2, 0) is 16.0 Å². The number of nitro groups is 1. The number of morpholine rings is 1. The fraction of sp³-hybridized carbons (Fsp3) is 0.500. The average Bonchev–Trinajstić information content (AvgIpc) is 2.48. The van der Waals surface area contributed by atoms with E-state index < -0.39 is 16.4 Å². The molecule has 7 heteroatoms. The maximum absolute atomic E-state index is 11.7. The molecule has 1 heterocycles. The first-order valence-corrected chi connectivity index (χ1v) is 6.73. The summed E-state index contributed by atoms with van der Waals surface area (Å²) in [4.78, 5) is 23.8. The third-order valence-corrected chi connectivity index (χ3v) is 3.87. The number of benzene rings is 1. The number of nitro benzene ring substituents is 1. The summed E-state index contributed by atoms with van der Waals surface area (Å²) < 4.78 is 5.26. The molecular weight excluding hydrogens is 276 g/mol. The molecule has 0 aliphatic carbocycles. The van der Waals surface area contributed by atoms with Crippen molar-refractivity contribution >= 4 is 11.7 Å². The molecule has 1 N–H and O–H groups in total. The molecule has 1 atom stereocenters. The van der Waals surface area contributed by atoms with Gasteiger partial charge in [0.1, 0.15) is 5.54 Å². The van der Waals surface area contributed by atoms with Gasteiger partial charge in [0.25, 0.3) is 5.69 Å². The average molecular weight is 294 g/mol. The minimum Gasteiger partial charge on any atom is -0.480 e. The Labute approximate surface area is 122 Å². The molecule has 21 heavy (non-hydrogen) atoms. The van der Waals surface area contributed by atoms with Crippen molar-refractivity contribution in [3.63, 3.8) is 0 Å². The normalized spacial score (nSPS) is 18.9. The highest BCUT2D eigenvalue weighted by Crippen LogP contribution is 2.24. The summed E-state index contributed by atoms with van der Waals surface area (Å²) >= 11 is 0. The van der Waals surface area contributed by atoms with E-state index in [4.69, 9.17) is 4.74 Å². The number of nitrogens with zero attached hydrogens (tertiary/aromatic N) is 2. The number of rotatable bonds is 5. The van der Waals surface area contributed by atoms with Crippen molar-refractivity contribution in [2.75, 3.05) is 26.3 Å². The highest BCUT2D eigenvalue weighted by molar-refractivity contribution is 5.78. The molecule has 1 aromatic rings. The Kier molecular flexibility index (Phi) is 4.54. The van der Waals surface area contributed by atoms with Crippen LogP contribution in [0.25, 0.3) is 0 Å². The van der Waals surface area contributed by atoms with E-state index in [0.717, 1.165) is 5.56 Å². The summed E-state index contributed by atoms with van der Waals surface area (Å²) in [5.74, 6) is -0.900. The highest BCUT2D eigenvalue weighted by atomic mass is 16.6. The van der Waals surface area contributed by atoms with E-state index in [1.807, 2.05) is 4.90 Å². The number of carbonyl (C=O) groups is 1. The molecule has 0 amide bonds. The number of ether oxygens (including phenoxy) is 1. The van der Waals surface area contributed by atoms with Crippen LogP contribution in [0.3, 0.4) is 0 Å². The van der Waals surface area contributed by atoms with E-state index in [9.17, 15) is 20.0 Å². The van der Waals surface area contributed by atoms with Gasteiger partial charge in [0, 0.05) is 31.6 Å². The van der Waals surface area contributed by atoms with Crippen LogP contribution in [0.5, 0.6) is 0 Å². The van der Waals surface area contributed by atoms with E-state index in [2.05, 4.69) is 0 Å². The van der Waals surface area contributed by atoms with E-state index in [0.29, 0.717) is 32.7 Å². The fourth-order valence-electron chi connectivity index (χ4n) is 2.51. The first-order valence-electron chi connectivity index (χ1n) is 6.73. The van der Waals surface area contributed by atoms with Gasteiger partial charge in [-0.25, -0.2) is 0 Å². The Morgan fingerprint density at radius 3 is 2.43 bits per heavy atom. The molecule has 1 aliphatic rings. The minimum atomic E-state index is -1.04. The van der Waals surface area contributed by atoms with Crippen LogP contribution in [0.1, 0.15) is 12.5 Å². The van der Waals surface area contributed by atoms with Crippen LogP contribution in [0.2, 0.25) is 0 Å². The lowest BCUT2D eigenvalue weighted by molar-refractivity contribution is -0.384. The van der Waals surface area contributed by atoms with Crippen molar-refractivity contribution in [1.82, 2.24) is 4.90 Å². The smallest absolute Gasteiger partial charge is 0.324 e. The molecule has 0 saturated carbocycles. The second kappa shape index (κ2) is 6.19. The lowest BCUT2D eigenvalue weighted by Gasteiger charge is -2.40. The van der Waals surface area contributed by atoms with Crippen molar-refractivity contribution in [2.45, 2.75) is 18.9 Å². The van der Waals surface area contributed by atoms with E-state index in [-0.39, 0.29) is 5.69 Å². The molecule has 0 aromatic heterocycles. The van der Waals surface area contributed by atoms with Crippen LogP contribution in [-0.4, -0.2) is 52.7 Å². The van der Waals surface area contributed by atoms with Gasteiger partial charge in [-0.2, -0.15) is 0 Å². The van der Waals surface area contributed by atoms with Gasteiger partial charge in [0.15, 0.2) is 0 Å². The molecule has 1 unspecified atom stereocenters. The molecule has 0 spiro atoms. The van der Waals surface area contributed by atoms with E-state index >= 15 is 0 Å². The highest BCUT2D eigenvalue weighted by Gasteiger charge is 2.40. The summed E-state index contributed by atoms with van der Waals surface area (Å²) in [7, 11) is 0. The SMILES string of the molecule is CC(Cc1ccc([N+](=O)[O-])cc1)(C(=O)O)N1CCOCC1. The van der Waals surface area contributed by atoms with Gasteiger partial charge in [-0.3, -0.25) is 19.8 Å². The standard InChI is InChI=1S/C14H18N2O5/c1-14(13(17)18,15-6-8-21-9-7-15)10-11-2-4-12(5-3-11)16(19)20/h2-5H,6-10H2,1H3,(H,17,18). The van der Waals surface area contributed by atoms with Crippen molar-refractivity contribution in [2.24, 2.45) is 0 Å². The predicted octanol–water partition coefficient (Wildman–Crippen LogP) is 1.31. The number of carboxylic acids is 1. The van der Waals surface area contributed by atoms with Crippen LogP contribution in [0, 0.1) is 10.1 Å². The van der Waals surface area contributed by atoms with Gasteiger partial charge in [0.2, 0.25) is 0 Å². The number of aliphatic carboxylic acids is 1. The molecule has 114 valence electrons. The molecule has 2 rings (SSSR count). The number of non-ortho nitro benzene ring substituents is 1. The predicted molar refractivity (Wildman–Crippen MR) is 75.2 cm³/mol. The van der Waals surface area contributed by atoms with Crippen LogP contribution in [0.15, 0.2) is 24.3 Å². The number of hydrogen-bond donors (Lipinski definition) is 1. The zero-order chi connectivity index (χ0) is 15.5. The minimum absolute atomic E-state index is 0.00199. The fourth-order valence-corrected chi connectivity index (χ4v) is 2.51. The third kappa shape index (κ3) is 3.37. The molecule has 1 aliphatic heterocycles. The van der Waals surface area contributed by atoms with Gasteiger partial charge in [0.05, 0.1) is 18.1 Å². The van der Waals surface area contributed by atoms with Crippen molar-refractivity contribution in [3.8, 4) is 0 Å². The maximum Gasteiger partial charge on any atom is 0.324 e. The van der Waals surface area contributed by atoms with Crippen molar-refractivity contribution in [1.29, 1.82) is 0 Å². The first-order chi connectivity index (χ1) is 9.93. The second-order valence-corrected chi connectivity index (χ2v) is 5.28. The van der Waals surface area contributed by atoms with Gasteiger partial charge in [-0.05, 0) is 12.5 Å². The van der Waals surface area contributed by atoms with E-state index in [1.54, 1.807) is 19.1 Å². The first kappa shape index (κ1) is 15.4. The molecule has 1 aromatic carbocycles. The Bertz CT molecular complexity index is 525. The third-order valence-electron chi connectivity index (χ3n) is 3.87. The molecule has 7 nitrogen and oxygen atoms in total. The summed E-state index contributed by atoms with van der Waals surface area (Å²) in [6.07, 6.45) is 0.292. The molecular formula is C14H18N2O5. The molecule has 1 saturated heterocycles. The topological polar surface area (TPSA) is 92.9 Å². The van der Waals surface area contributed by atoms with Crippen LogP contribution < -0.4 is 0 Å². The van der Waals surface area contributed by atoms with Gasteiger partial charge in [-0.1, -0.05) is 12.1 Å². The Hall–Kier alpha value is -1.99. The van der Waals surface area contributed by atoms with Crippen LogP contribution in [0.4, 0.5) is 5.69 Å². The molecule has 1 fully saturated rings. The zero-order valence-corrected chi connectivity index (χ0v) is 11.8.